The number of hydrogen-bond acceptors (Lipinski definition) is 6. The second-order valence-electron chi connectivity index (χ2n) is 7.17. The summed E-state index contributed by atoms with van der Waals surface area (Å²) in [7, 11) is -4.59. The highest BCUT2D eigenvalue weighted by Gasteiger charge is 2.48. The van der Waals surface area contributed by atoms with E-state index in [4.69, 9.17) is 5.73 Å². The first-order valence-electron chi connectivity index (χ1n) is 8.78. The van der Waals surface area contributed by atoms with E-state index in [-0.39, 0.29) is 9.20 Å². The predicted molar refractivity (Wildman–Crippen MR) is 106 cm³/mol. The molecule has 0 saturated heterocycles. The van der Waals surface area contributed by atoms with E-state index < -0.39 is 39.6 Å². The van der Waals surface area contributed by atoms with Crippen LogP contribution in [0.4, 0.5) is 0 Å². The van der Waals surface area contributed by atoms with E-state index in [1.165, 1.54) is 24.3 Å². The second kappa shape index (κ2) is 8.32. The number of hydrogen-bond donors (Lipinski definition) is 3. The van der Waals surface area contributed by atoms with Crippen LogP contribution in [-0.2, 0) is 19.6 Å². The highest BCUT2D eigenvalue weighted by Crippen LogP contribution is 2.28. The average Bonchev–Trinajstić information content (AvgIpc) is 2.67. The van der Waals surface area contributed by atoms with E-state index in [2.05, 4.69) is 0 Å². The maximum Gasteiger partial charge on any atom is 0.330 e. The van der Waals surface area contributed by atoms with Crippen molar-refractivity contribution >= 4 is 21.9 Å². The fourth-order valence-electron chi connectivity index (χ4n) is 2.73. The minimum atomic E-state index is -4.59. The molecule has 0 aromatic heterocycles. The van der Waals surface area contributed by atoms with Crippen LogP contribution in [0.5, 0.6) is 0 Å². The zero-order valence-corrected chi connectivity index (χ0v) is 17.1. The Morgan fingerprint density at radius 3 is 2.03 bits per heavy atom. The number of amides is 1. The zero-order chi connectivity index (χ0) is 22.0. The van der Waals surface area contributed by atoms with Crippen molar-refractivity contribution in [3.8, 4) is 0 Å². The third kappa shape index (κ3) is 4.47. The summed E-state index contributed by atoms with van der Waals surface area (Å²) in [6.45, 7) is 3.89. The van der Waals surface area contributed by atoms with Gasteiger partial charge in [0.1, 0.15) is 0 Å². The molecule has 0 saturated carbocycles. The number of carbonyl (C=O) groups is 2. The van der Waals surface area contributed by atoms with Crippen LogP contribution in [-0.4, -0.2) is 46.5 Å². The van der Waals surface area contributed by atoms with E-state index in [1.54, 1.807) is 37.3 Å². The van der Waals surface area contributed by atoms with Crippen molar-refractivity contribution in [3.63, 3.8) is 0 Å². The lowest BCUT2D eigenvalue weighted by Crippen LogP contribution is -2.59. The van der Waals surface area contributed by atoms with E-state index in [0.29, 0.717) is 5.56 Å². The van der Waals surface area contributed by atoms with Crippen molar-refractivity contribution in [3.05, 3.63) is 65.7 Å². The third-order valence-electron chi connectivity index (χ3n) is 4.57. The van der Waals surface area contributed by atoms with Crippen molar-refractivity contribution in [1.82, 2.24) is 4.31 Å². The number of aryl methyl sites for hydroxylation is 1. The Kier molecular flexibility index (Phi) is 6.46. The molecule has 0 aliphatic heterocycles. The monoisotopic (exact) mass is 420 g/mol. The highest BCUT2D eigenvalue weighted by atomic mass is 32.2. The van der Waals surface area contributed by atoms with Gasteiger partial charge in [0.25, 0.3) is 15.9 Å². The average molecular weight is 420 g/mol. The first kappa shape index (κ1) is 22.5. The number of sulfonamides is 1. The molecule has 2 rings (SSSR count). The van der Waals surface area contributed by atoms with Crippen molar-refractivity contribution in [2.45, 2.75) is 43.4 Å². The van der Waals surface area contributed by atoms with Gasteiger partial charge in [-0.1, -0.05) is 48.0 Å². The van der Waals surface area contributed by atoms with Crippen molar-refractivity contribution in [1.29, 1.82) is 0 Å². The van der Waals surface area contributed by atoms with Crippen LogP contribution in [0.3, 0.4) is 0 Å². The Morgan fingerprint density at radius 2 is 1.55 bits per heavy atom. The first-order chi connectivity index (χ1) is 13.4. The van der Waals surface area contributed by atoms with Crippen LogP contribution < -0.4 is 5.73 Å². The van der Waals surface area contributed by atoms with Crippen molar-refractivity contribution < 1.29 is 28.2 Å². The molecule has 9 heteroatoms. The van der Waals surface area contributed by atoms with Crippen LogP contribution in [0.25, 0.3) is 0 Å². The van der Waals surface area contributed by atoms with Gasteiger partial charge in [-0.3, -0.25) is 4.79 Å². The molecule has 0 aliphatic carbocycles. The maximum absolute atomic E-state index is 13.2. The Labute approximate surface area is 169 Å². The molecule has 0 radical (unpaired) electrons. The van der Waals surface area contributed by atoms with Gasteiger partial charge < -0.3 is 15.9 Å². The van der Waals surface area contributed by atoms with Gasteiger partial charge in [-0.05, 0) is 38.5 Å². The lowest BCUT2D eigenvalue weighted by Gasteiger charge is -2.36. The van der Waals surface area contributed by atoms with Gasteiger partial charge in [0, 0.05) is 0 Å². The number of nitrogens with two attached hydrogens (primary N) is 1. The highest BCUT2D eigenvalue weighted by molar-refractivity contribution is 7.89. The largest absolute Gasteiger partial charge is 0.479 e. The fourth-order valence-corrected chi connectivity index (χ4v) is 4.44. The van der Waals surface area contributed by atoms with Gasteiger partial charge in [0.2, 0.25) is 0 Å². The molecule has 0 aliphatic rings. The summed E-state index contributed by atoms with van der Waals surface area (Å²) in [5.41, 5.74) is 4.97. The topological polar surface area (TPSA) is 138 Å². The normalized spacial score (nSPS) is 14.1. The third-order valence-corrected chi connectivity index (χ3v) is 6.55. The molecule has 1 unspecified atom stereocenters. The summed E-state index contributed by atoms with van der Waals surface area (Å²) < 4.78 is 26.6. The number of carbonyl (C=O) groups excluding carboxylic acids is 1. The zero-order valence-electron chi connectivity index (χ0n) is 16.3. The van der Waals surface area contributed by atoms with Gasteiger partial charge in [-0.25, -0.2) is 17.5 Å². The maximum atomic E-state index is 13.2. The number of nitrogens with zero attached hydrogens (tertiary/aromatic N) is 1. The summed E-state index contributed by atoms with van der Waals surface area (Å²) in [5.74, 6) is -2.88. The molecule has 8 nitrogen and oxygen atoms in total. The molecule has 0 fully saturated rings. The van der Waals surface area contributed by atoms with Gasteiger partial charge in [-0.15, -0.1) is 0 Å². The predicted octanol–water partition coefficient (Wildman–Crippen LogP) is 1.44. The molecule has 2 aromatic rings. The van der Waals surface area contributed by atoms with Gasteiger partial charge >= 0.3 is 5.97 Å². The number of carboxylic acids is 1. The molecule has 4 N–H and O–H groups in total. The summed E-state index contributed by atoms with van der Waals surface area (Å²) in [6.07, 6.45) is -1.98. The number of rotatable bonds is 7. The summed E-state index contributed by atoms with van der Waals surface area (Å²) in [5, 5.41) is 20.1. The Balaban J connectivity index is 2.55. The second-order valence-corrected chi connectivity index (χ2v) is 8.95. The number of aliphatic hydroxyl groups is 1. The molecule has 2 aromatic carbocycles. The van der Waals surface area contributed by atoms with E-state index in [1.807, 2.05) is 0 Å². The molecular weight excluding hydrogens is 396 g/mol. The fraction of sp³-hybridized carbons (Fsp3) is 0.300. The molecule has 1 amide bonds. The number of benzene rings is 2. The molecular formula is C20H24N2O6S. The van der Waals surface area contributed by atoms with Crippen LogP contribution in [0.2, 0.25) is 0 Å². The Bertz CT molecular complexity index is 987. The summed E-state index contributed by atoms with van der Waals surface area (Å²) >= 11 is 0. The molecule has 2 atom stereocenters. The van der Waals surface area contributed by atoms with E-state index in [0.717, 1.165) is 19.4 Å². The molecule has 0 heterocycles. The standard InChI is InChI=1S/C20H24N2O6S/c1-13-9-11-15(12-10-13)29(27,28)22(20(2,3)19(25)26)18(24)17(23)16(21)14-7-5-4-6-8-14/h4-12,16-17,23H,21H2,1-3H3,(H,25,26)/t16-,17?/m1/s1. The Hall–Kier alpha value is -2.75. The number of aliphatic carboxylic acids is 1. The van der Waals surface area contributed by atoms with E-state index in [9.17, 15) is 28.2 Å². The van der Waals surface area contributed by atoms with Crippen LogP contribution >= 0.6 is 0 Å². The lowest BCUT2D eigenvalue weighted by atomic mass is 10.00. The minimum absolute atomic E-state index is 0.195. The lowest BCUT2D eigenvalue weighted by molar-refractivity contribution is -0.154. The van der Waals surface area contributed by atoms with Gasteiger partial charge in [0.05, 0.1) is 10.9 Å². The number of aliphatic hydroxyl groups excluding tert-OH is 1. The van der Waals surface area contributed by atoms with Crippen LogP contribution in [0.1, 0.15) is 31.0 Å². The molecule has 0 spiro atoms. The smallest absolute Gasteiger partial charge is 0.330 e. The van der Waals surface area contributed by atoms with Crippen molar-refractivity contribution in [2.75, 3.05) is 0 Å². The molecule has 29 heavy (non-hydrogen) atoms. The van der Waals surface area contributed by atoms with Gasteiger partial charge in [0.15, 0.2) is 11.6 Å². The summed E-state index contributed by atoms with van der Waals surface area (Å²) in [4.78, 5) is 24.6. The molecule has 0 bridgehead atoms. The van der Waals surface area contributed by atoms with Crippen molar-refractivity contribution in [2.24, 2.45) is 5.73 Å². The minimum Gasteiger partial charge on any atom is -0.479 e. The SMILES string of the molecule is Cc1ccc(S(=O)(=O)N(C(=O)C(O)[C@H](N)c2ccccc2)C(C)(C)C(=O)O)cc1. The first-order valence-corrected chi connectivity index (χ1v) is 10.2. The van der Waals surface area contributed by atoms with Crippen LogP contribution in [0.15, 0.2) is 59.5 Å². The van der Waals surface area contributed by atoms with Crippen LogP contribution in [0, 0.1) is 6.92 Å². The molecule has 156 valence electrons. The van der Waals surface area contributed by atoms with Gasteiger partial charge in [-0.2, -0.15) is 0 Å². The van der Waals surface area contributed by atoms with E-state index >= 15 is 0 Å². The summed E-state index contributed by atoms with van der Waals surface area (Å²) in [6, 6.07) is 12.5. The Morgan fingerprint density at radius 1 is 1.03 bits per heavy atom. The number of carboxylic acid groups (broad SMARTS) is 1. The quantitative estimate of drug-likeness (QED) is 0.616.